The molecular weight excluding hydrogens is 310 g/mol. The van der Waals surface area contributed by atoms with Crippen molar-refractivity contribution in [2.75, 3.05) is 13.6 Å². The zero-order valence-corrected chi connectivity index (χ0v) is 14.5. The lowest BCUT2D eigenvalue weighted by Gasteiger charge is -2.25. The molecule has 1 rings (SSSR count). The van der Waals surface area contributed by atoms with Crippen LogP contribution in [0.25, 0.3) is 0 Å². The van der Waals surface area contributed by atoms with Crippen molar-refractivity contribution in [2.45, 2.75) is 38.8 Å². The second-order valence-corrected chi connectivity index (χ2v) is 6.55. The molecule has 0 heterocycles. The molecule has 0 saturated heterocycles. The third-order valence-electron chi connectivity index (χ3n) is 3.05. The fraction of sp³-hybridized carbons (Fsp3) is 0.471. The molecule has 0 aliphatic rings. The minimum absolute atomic E-state index is 0.229. The second-order valence-electron chi connectivity index (χ2n) is 6.55. The van der Waals surface area contributed by atoms with E-state index in [4.69, 9.17) is 10.5 Å². The number of benzene rings is 1. The number of nitrogens with zero attached hydrogens (tertiary/aromatic N) is 1. The summed E-state index contributed by atoms with van der Waals surface area (Å²) in [5.41, 5.74) is 5.58. The molecule has 1 aromatic carbocycles. The van der Waals surface area contributed by atoms with E-state index >= 15 is 0 Å². The first-order valence-electron chi connectivity index (χ1n) is 7.65. The molecule has 132 valence electrons. The SMILES string of the molecule is CN(CC(=O)N[C@@H](Cc1ccccc1)C(N)=O)C(=O)OC(C)(C)C. The molecule has 0 aliphatic carbocycles. The van der Waals surface area contributed by atoms with Gasteiger partial charge in [0.2, 0.25) is 11.8 Å². The highest BCUT2D eigenvalue weighted by molar-refractivity contribution is 5.88. The molecule has 0 radical (unpaired) electrons. The summed E-state index contributed by atoms with van der Waals surface area (Å²) in [6.07, 6.45) is -0.325. The Balaban J connectivity index is 2.59. The van der Waals surface area contributed by atoms with Gasteiger partial charge in [-0.2, -0.15) is 0 Å². The van der Waals surface area contributed by atoms with E-state index in [1.165, 1.54) is 7.05 Å². The monoisotopic (exact) mass is 335 g/mol. The molecule has 0 saturated carbocycles. The maximum Gasteiger partial charge on any atom is 0.410 e. The smallest absolute Gasteiger partial charge is 0.410 e. The Bertz CT molecular complexity index is 581. The van der Waals surface area contributed by atoms with E-state index in [2.05, 4.69) is 5.32 Å². The Kier molecular flexibility index (Phi) is 6.76. The molecule has 0 aliphatic heterocycles. The van der Waals surface area contributed by atoms with Gasteiger partial charge in [0.05, 0.1) is 0 Å². The summed E-state index contributed by atoms with van der Waals surface area (Å²) in [5.74, 6) is -1.12. The van der Waals surface area contributed by atoms with Crippen molar-refractivity contribution < 1.29 is 19.1 Å². The highest BCUT2D eigenvalue weighted by atomic mass is 16.6. The minimum atomic E-state index is -0.841. The first-order valence-corrected chi connectivity index (χ1v) is 7.65. The molecule has 1 aromatic rings. The van der Waals surface area contributed by atoms with Crippen LogP contribution in [0.2, 0.25) is 0 Å². The van der Waals surface area contributed by atoms with E-state index in [0.29, 0.717) is 0 Å². The molecular formula is C17H25N3O4. The van der Waals surface area contributed by atoms with E-state index in [-0.39, 0.29) is 13.0 Å². The van der Waals surface area contributed by atoms with Gasteiger partial charge in [0.1, 0.15) is 18.2 Å². The summed E-state index contributed by atoms with van der Waals surface area (Å²) in [6.45, 7) is 4.98. The van der Waals surface area contributed by atoms with Crippen LogP contribution in [0, 0.1) is 0 Å². The van der Waals surface area contributed by atoms with Crippen LogP contribution in [0.4, 0.5) is 4.79 Å². The van der Waals surface area contributed by atoms with Gasteiger partial charge in [-0.1, -0.05) is 30.3 Å². The van der Waals surface area contributed by atoms with Gasteiger partial charge in [0.25, 0.3) is 0 Å². The molecule has 7 nitrogen and oxygen atoms in total. The molecule has 0 unspecified atom stereocenters. The number of primary amides is 1. The number of nitrogens with two attached hydrogens (primary N) is 1. The van der Waals surface area contributed by atoms with Gasteiger partial charge in [-0.3, -0.25) is 9.59 Å². The highest BCUT2D eigenvalue weighted by Crippen LogP contribution is 2.09. The topological polar surface area (TPSA) is 102 Å². The van der Waals surface area contributed by atoms with Crippen LogP contribution >= 0.6 is 0 Å². The maximum atomic E-state index is 12.1. The summed E-state index contributed by atoms with van der Waals surface area (Å²) in [7, 11) is 1.45. The lowest BCUT2D eigenvalue weighted by atomic mass is 10.1. The largest absolute Gasteiger partial charge is 0.444 e. The second kappa shape index (κ2) is 8.33. The van der Waals surface area contributed by atoms with Crippen molar-refractivity contribution in [1.82, 2.24) is 10.2 Å². The molecule has 3 N–H and O–H groups in total. The van der Waals surface area contributed by atoms with Crippen molar-refractivity contribution in [2.24, 2.45) is 5.73 Å². The molecule has 24 heavy (non-hydrogen) atoms. The van der Waals surface area contributed by atoms with Crippen LogP contribution in [0.3, 0.4) is 0 Å². The normalized spacial score (nSPS) is 12.2. The number of hydrogen-bond acceptors (Lipinski definition) is 4. The van der Waals surface area contributed by atoms with Crippen molar-refractivity contribution in [3.8, 4) is 0 Å². The molecule has 0 aromatic heterocycles. The van der Waals surface area contributed by atoms with Gasteiger partial charge >= 0.3 is 6.09 Å². The van der Waals surface area contributed by atoms with Gasteiger partial charge in [-0.25, -0.2) is 4.79 Å². The van der Waals surface area contributed by atoms with E-state index in [1.54, 1.807) is 20.8 Å². The van der Waals surface area contributed by atoms with Gasteiger partial charge in [0.15, 0.2) is 0 Å². The Morgan fingerprint density at radius 1 is 1.21 bits per heavy atom. The summed E-state index contributed by atoms with van der Waals surface area (Å²) >= 11 is 0. The van der Waals surface area contributed by atoms with Gasteiger partial charge in [-0.05, 0) is 26.3 Å². The van der Waals surface area contributed by atoms with Crippen LogP contribution < -0.4 is 11.1 Å². The molecule has 0 fully saturated rings. The van der Waals surface area contributed by atoms with Crippen LogP contribution in [0.5, 0.6) is 0 Å². The van der Waals surface area contributed by atoms with Gasteiger partial charge < -0.3 is 20.7 Å². The number of amides is 3. The molecule has 1 atom stereocenters. The lowest BCUT2D eigenvalue weighted by molar-refractivity contribution is -0.127. The van der Waals surface area contributed by atoms with Crippen LogP contribution in [-0.4, -0.2) is 48.0 Å². The maximum absolute atomic E-state index is 12.1. The molecule has 3 amide bonds. The third-order valence-corrected chi connectivity index (χ3v) is 3.05. The Morgan fingerprint density at radius 2 is 1.79 bits per heavy atom. The summed E-state index contributed by atoms with van der Waals surface area (Å²) in [5, 5.41) is 2.55. The van der Waals surface area contributed by atoms with E-state index in [1.807, 2.05) is 30.3 Å². The Labute approximate surface area is 142 Å². The van der Waals surface area contributed by atoms with E-state index in [0.717, 1.165) is 10.5 Å². The van der Waals surface area contributed by atoms with Crippen LogP contribution in [0.15, 0.2) is 30.3 Å². The average Bonchev–Trinajstić information content (AvgIpc) is 2.45. The number of hydrogen-bond donors (Lipinski definition) is 2. The third kappa shape index (κ3) is 7.13. The average molecular weight is 335 g/mol. The standard InChI is InChI=1S/C17H25N3O4/c1-17(2,3)24-16(23)20(4)11-14(21)19-13(15(18)22)10-12-8-6-5-7-9-12/h5-9,13H,10-11H2,1-4H3,(H2,18,22)(H,19,21)/t13-/m0/s1. The fourth-order valence-corrected chi connectivity index (χ4v) is 1.93. The lowest BCUT2D eigenvalue weighted by Crippen LogP contribution is -2.49. The minimum Gasteiger partial charge on any atom is -0.444 e. The summed E-state index contributed by atoms with van der Waals surface area (Å²) in [6, 6.07) is 8.38. The first kappa shape index (κ1) is 19.5. The van der Waals surface area contributed by atoms with E-state index in [9.17, 15) is 14.4 Å². The van der Waals surface area contributed by atoms with E-state index < -0.39 is 29.6 Å². The number of ether oxygens (including phenoxy) is 1. The number of carbonyl (C=O) groups excluding carboxylic acids is 3. The molecule has 0 spiro atoms. The zero-order chi connectivity index (χ0) is 18.3. The zero-order valence-electron chi connectivity index (χ0n) is 14.5. The predicted molar refractivity (Wildman–Crippen MR) is 90.1 cm³/mol. The van der Waals surface area contributed by atoms with Crippen molar-refractivity contribution in [3.63, 3.8) is 0 Å². The van der Waals surface area contributed by atoms with Crippen molar-refractivity contribution >= 4 is 17.9 Å². The van der Waals surface area contributed by atoms with Crippen LogP contribution in [0.1, 0.15) is 26.3 Å². The Hall–Kier alpha value is -2.57. The Morgan fingerprint density at radius 3 is 2.29 bits per heavy atom. The summed E-state index contributed by atoms with van der Waals surface area (Å²) in [4.78, 5) is 36.6. The number of rotatable bonds is 6. The number of carbonyl (C=O) groups is 3. The highest BCUT2D eigenvalue weighted by Gasteiger charge is 2.23. The summed E-state index contributed by atoms with van der Waals surface area (Å²) < 4.78 is 5.16. The van der Waals surface area contributed by atoms with Gasteiger partial charge in [0, 0.05) is 13.5 Å². The molecule has 7 heteroatoms. The quantitative estimate of drug-likeness (QED) is 0.811. The molecule has 0 bridgehead atoms. The van der Waals surface area contributed by atoms with Crippen molar-refractivity contribution in [1.29, 1.82) is 0 Å². The van der Waals surface area contributed by atoms with Gasteiger partial charge in [-0.15, -0.1) is 0 Å². The first-order chi connectivity index (χ1) is 11.1. The fourth-order valence-electron chi connectivity index (χ4n) is 1.93. The number of likely N-dealkylation sites (N-methyl/N-ethyl adjacent to an activating group) is 1. The van der Waals surface area contributed by atoms with Crippen LogP contribution in [-0.2, 0) is 20.7 Å². The predicted octanol–water partition coefficient (Wildman–Crippen LogP) is 1.07. The van der Waals surface area contributed by atoms with Crippen molar-refractivity contribution in [3.05, 3.63) is 35.9 Å². The number of nitrogens with one attached hydrogen (secondary N) is 1.